The average molecular weight is 309 g/mol. The number of nitrogens with two attached hydrogens (primary N) is 1. The van der Waals surface area contributed by atoms with Crippen LogP contribution in [0.15, 0.2) is 36.4 Å². The first-order valence-electron chi connectivity index (χ1n) is 7.94. The molecule has 3 aromatic rings. The highest BCUT2D eigenvalue weighted by Crippen LogP contribution is 2.22. The summed E-state index contributed by atoms with van der Waals surface area (Å²) in [6.07, 6.45) is 0. The number of hydrogen-bond donors (Lipinski definition) is 1. The molecule has 0 aliphatic rings. The first kappa shape index (κ1) is 15.6. The Bertz CT molecular complexity index is 819. The van der Waals surface area contributed by atoms with Gasteiger partial charge in [0.25, 0.3) is 0 Å². The third kappa shape index (κ3) is 3.22. The predicted octanol–water partition coefficient (Wildman–Crippen LogP) is 3.50. The Morgan fingerprint density at radius 1 is 1.04 bits per heavy atom. The summed E-state index contributed by atoms with van der Waals surface area (Å²) in [6, 6.07) is 12.4. The van der Waals surface area contributed by atoms with Crippen molar-refractivity contribution in [3.8, 4) is 5.75 Å². The van der Waals surface area contributed by atoms with E-state index >= 15 is 0 Å². The van der Waals surface area contributed by atoms with Crippen molar-refractivity contribution in [1.29, 1.82) is 0 Å². The van der Waals surface area contributed by atoms with Gasteiger partial charge in [-0.05, 0) is 56.2 Å². The summed E-state index contributed by atoms with van der Waals surface area (Å²) >= 11 is 0. The molecule has 3 rings (SSSR count). The number of aromatic nitrogens is 2. The molecule has 2 N–H and O–H groups in total. The molecule has 0 bridgehead atoms. The van der Waals surface area contributed by atoms with Gasteiger partial charge in [0, 0.05) is 13.1 Å². The first-order chi connectivity index (χ1) is 11.1. The number of nitrogens with zero attached hydrogens (tertiary/aromatic N) is 2. The summed E-state index contributed by atoms with van der Waals surface area (Å²) in [5.41, 5.74) is 11.6. The maximum Gasteiger partial charge on any atom is 0.148 e. The molecule has 2 aromatic carbocycles. The zero-order valence-electron chi connectivity index (χ0n) is 14.0. The first-order valence-corrected chi connectivity index (χ1v) is 7.94. The van der Waals surface area contributed by atoms with Crippen LogP contribution in [0.5, 0.6) is 5.75 Å². The minimum atomic E-state index is 0.440. The molecule has 1 aromatic heterocycles. The molecule has 4 nitrogen and oxygen atoms in total. The van der Waals surface area contributed by atoms with Crippen LogP contribution in [0.1, 0.15) is 22.5 Å². The van der Waals surface area contributed by atoms with E-state index in [-0.39, 0.29) is 0 Å². The maximum absolute atomic E-state index is 5.90. The molecule has 0 aliphatic heterocycles. The van der Waals surface area contributed by atoms with Crippen LogP contribution in [0, 0.1) is 20.8 Å². The van der Waals surface area contributed by atoms with Crippen LogP contribution < -0.4 is 10.5 Å². The van der Waals surface area contributed by atoms with Crippen LogP contribution in [-0.2, 0) is 13.2 Å². The number of imidazole rings is 1. The highest BCUT2D eigenvalue weighted by atomic mass is 16.5. The van der Waals surface area contributed by atoms with E-state index in [2.05, 4.69) is 37.5 Å². The highest BCUT2D eigenvalue weighted by Gasteiger charge is 2.12. The van der Waals surface area contributed by atoms with E-state index in [0.717, 1.165) is 29.2 Å². The fraction of sp³-hybridized carbons (Fsp3) is 0.316. The Labute approximate surface area is 136 Å². The second-order valence-electron chi connectivity index (χ2n) is 6.00. The van der Waals surface area contributed by atoms with Crippen LogP contribution >= 0.6 is 0 Å². The van der Waals surface area contributed by atoms with Crippen LogP contribution in [0.2, 0.25) is 0 Å². The molecule has 0 saturated carbocycles. The van der Waals surface area contributed by atoms with Gasteiger partial charge in [-0.3, -0.25) is 0 Å². The van der Waals surface area contributed by atoms with Gasteiger partial charge >= 0.3 is 0 Å². The van der Waals surface area contributed by atoms with Crippen molar-refractivity contribution in [1.82, 2.24) is 9.55 Å². The quantitative estimate of drug-likeness (QED) is 0.785. The summed E-state index contributed by atoms with van der Waals surface area (Å²) in [5, 5.41) is 0. The molecule has 0 radical (unpaired) electrons. The zero-order chi connectivity index (χ0) is 16.4. The summed E-state index contributed by atoms with van der Waals surface area (Å²) in [6.45, 7) is 8.06. The lowest BCUT2D eigenvalue weighted by Crippen LogP contribution is -2.14. The minimum Gasteiger partial charge on any atom is -0.486 e. The van der Waals surface area contributed by atoms with Gasteiger partial charge in [0.1, 0.15) is 18.2 Å². The third-order valence-corrected chi connectivity index (χ3v) is 4.18. The van der Waals surface area contributed by atoms with Crippen molar-refractivity contribution in [2.45, 2.75) is 33.9 Å². The van der Waals surface area contributed by atoms with Crippen LogP contribution in [0.25, 0.3) is 11.0 Å². The van der Waals surface area contributed by atoms with Crippen LogP contribution in [0.3, 0.4) is 0 Å². The van der Waals surface area contributed by atoms with Gasteiger partial charge in [0.05, 0.1) is 11.0 Å². The Hall–Kier alpha value is -2.33. The summed E-state index contributed by atoms with van der Waals surface area (Å²) in [7, 11) is 0. The summed E-state index contributed by atoms with van der Waals surface area (Å²) < 4.78 is 8.06. The van der Waals surface area contributed by atoms with Crippen molar-refractivity contribution >= 4 is 11.0 Å². The molecule has 0 spiro atoms. The van der Waals surface area contributed by atoms with E-state index in [1.807, 2.05) is 24.3 Å². The molecule has 1 heterocycles. The van der Waals surface area contributed by atoms with Gasteiger partial charge < -0.3 is 15.0 Å². The van der Waals surface area contributed by atoms with Gasteiger partial charge in [-0.1, -0.05) is 17.7 Å². The molecule has 4 heteroatoms. The molecule has 0 unspecified atom stereocenters. The Morgan fingerprint density at radius 3 is 2.43 bits per heavy atom. The fourth-order valence-electron chi connectivity index (χ4n) is 2.70. The number of ether oxygens (including phenoxy) is 1. The van der Waals surface area contributed by atoms with E-state index in [4.69, 9.17) is 15.5 Å². The predicted molar refractivity (Wildman–Crippen MR) is 93.8 cm³/mol. The summed E-state index contributed by atoms with van der Waals surface area (Å²) in [5.74, 6) is 1.77. The minimum absolute atomic E-state index is 0.440. The Morgan fingerprint density at radius 2 is 1.74 bits per heavy atom. The van der Waals surface area contributed by atoms with Gasteiger partial charge in [-0.25, -0.2) is 4.98 Å². The van der Waals surface area contributed by atoms with Crippen molar-refractivity contribution in [3.63, 3.8) is 0 Å². The lowest BCUT2D eigenvalue weighted by molar-refractivity contribution is 0.290. The number of hydrogen-bond acceptors (Lipinski definition) is 3. The number of rotatable bonds is 5. The van der Waals surface area contributed by atoms with E-state index in [1.54, 1.807) is 0 Å². The third-order valence-electron chi connectivity index (χ3n) is 4.18. The number of fused-ring (bicyclic) bond motifs is 1. The zero-order valence-corrected chi connectivity index (χ0v) is 14.0. The fourth-order valence-corrected chi connectivity index (χ4v) is 2.70. The molecule has 0 fully saturated rings. The molecule has 0 atom stereocenters. The van der Waals surface area contributed by atoms with Gasteiger partial charge in [-0.2, -0.15) is 0 Å². The summed E-state index contributed by atoms with van der Waals surface area (Å²) in [4.78, 5) is 4.75. The lowest BCUT2D eigenvalue weighted by atomic mass is 10.1. The molecule has 23 heavy (non-hydrogen) atoms. The molecule has 0 saturated heterocycles. The smallest absolute Gasteiger partial charge is 0.148 e. The molecular formula is C19H23N3O. The average Bonchev–Trinajstić information content (AvgIpc) is 2.85. The Kier molecular flexibility index (Phi) is 4.35. The van der Waals surface area contributed by atoms with Gasteiger partial charge in [0.15, 0.2) is 0 Å². The molecular weight excluding hydrogens is 286 g/mol. The van der Waals surface area contributed by atoms with E-state index in [9.17, 15) is 0 Å². The normalized spacial score (nSPS) is 11.1. The Balaban J connectivity index is 1.92. The topological polar surface area (TPSA) is 53.1 Å². The molecule has 120 valence electrons. The monoisotopic (exact) mass is 309 g/mol. The SMILES string of the molecule is Cc1ccc(OCc2nc3cc(C)c(C)cc3n2CCN)cc1. The van der Waals surface area contributed by atoms with E-state index in [0.29, 0.717) is 13.2 Å². The second kappa shape index (κ2) is 6.42. The highest BCUT2D eigenvalue weighted by molar-refractivity contribution is 5.78. The molecule has 0 aliphatic carbocycles. The van der Waals surface area contributed by atoms with E-state index < -0.39 is 0 Å². The van der Waals surface area contributed by atoms with Crippen molar-refractivity contribution in [2.24, 2.45) is 5.73 Å². The lowest BCUT2D eigenvalue weighted by Gasteiger charge is -2.10. The van der Waals surface area contributed by atoms with Crippen molar-refractivity contribution in [3.05, 3.63) is 58.9 Å². The van der Waals surface area contributed by atoms with Crippen molar-refractivity contribution < 1.29 is 4.74 Å². The largest absolute Gasteiger partial charge is 0.486 e. The van der Waals surface area contributed by atoms with Crippen LogP contribution in [-0.4, -0.2) is 16.1 Å². The second-order valence-corrected chi connectivity index (χ2v) is 6.00. The van der Waals surface area contributed by atoms with Gasteiger partial charge in [0.2, 0.25) is 0 Å². The number of aryl methyl sites for hydroxylation is 3. The molecule has 0 amide bonds. The van der Waals surface area contributed by atoms with Crippen molar-refractivity contribution in [2.75, 3.05) is 6.54 Å². The maximum atomic E-state index is 5.90. The van der Waals surface area contributed by atoms with Crippen LogP contribution in [0.4, 0.5) is 0 Å². The van der Waals surface area contributed by atoms with Gasteiger partial charge in [-0.15, -0.1) is 0 Å². The van der Waals surface area contributed by atoms with E-state index in [1.165, 1.54) is 16.7 Å². The standard InChI is InChI=1S/C19H23N3O/c1-13-4-6-16(7-5-13)23-12-19-21-17-10-14(2)15(3)11-18(17)22(19)9-8-20/h4-7,10-11H,8-9,12,20H2,1-3H3. The number of benzene rings is 2.